The first-order chi connectivity index (χ1) is 8.95. The highest BCUT2D eigenvalue weighted by atomic mass is 32.2. The largest absolute Gasteiger partial charge is 0.396 e. The number of hydrogen-bond acceptors (Lipinski definition) is 3. The summed E-state index contributed by atoms with van der Waals surface area (Å²) in [5, 5.41) is 9.11. The van der Waals surface area contributed by atoms with Crippen molar-refractivity contribution in [1.82, 2.24) is 8.61 Å². The average Bonchev–Trinajstić information content (AvgIpc) is 2.44. The Morgan fingerprint density at radius 1 is 1.32 bits per heavy atom. The molecule has 1 aliphatic heterocycles. The SMILES string of the molecule is CCC(C)CN(CC)S(=O)(=O)N1CCC(CO)CC1. The lowest BCUT2D eigenvalue weighted by Crippen LogP contribution is -2.48. The van der Waals surface area contributed by atoms with E-state index in [9.17, 15) is 8.42 Å². The molecule has 1 saturated heterocycles. The minimum atomic E-state index is -3.33. The molecule has 1 heterocycles. The molecule has 0 saturated carbocycles. The van der Waals surface area contributed by atoms with Crippen LogP contribution in [0.4, 0.5) is 0 Å². The van der Waals surface area contributed by atoms with Crippen LogP contribution in [0.5, 0.6) is 0 Å². The van der Waals surface area contributed by atoms with Gasteiger partial charge in [0.15, 0.2) is 0 Å². The summed E-state index contributed by atoms with van der Waals surface area (Å²) < 4.78 is 28.3. The Bertz CT molecular complexity index is 351. The number of aliphatic hydroxyl groups excluding tert-OH is 1. The van der Waals surface area contributed by atoms with Gasteiger partial charge in [-0.05, 0) is 24.7 Å². The van der Waals surface area contributed by atoms with Gasteiger partial charge in [-0.2, -0.15) is 17.0 Å². The van der Waals surface area contributed by atoms with E-state index in [0.29, 0.717) is 32.1 Å². The van der Waals surface area contributed by atoms with Crippen LogP contribution in [0.15, 0.2) is 0 Å². The van der Waals surface area contributed by atoms with Crippen molar-refractivity contribution in [1.29, 1.82) is 0 Å². The van der Waals surface area contributed by atoms with Crippen LogP contribution < -0.4 is 0 Å². The summed E-state index contributed by atoms with van der Waals surface area (Å²) >= 11 is 0. The summed E-state index contributed by atoms with van der Waals surface area (Å²) in [6.45, 7) is 8.39. The molecule has 0 radical (unpaired) electrons. The zero-order valence-corrected chi connectivity index (χ0v) is 13.2. The molecule has 0 aromatic heterocycles. The van der Waals surface area contributed by atoms with E-state index in [4.69, 9.17) is 5.11 Å². The molecule has 1 atom stereocenters. The standard InChI is InChI=1S/C13H28N2O3S/c1-4-12(3)10-14(5-2)19(17,18)15-8-6-13(11-16)7-9-15/h12-13,16H,4-11H2,1-3H3. The predicted octanol–water partition coefficient (Wildman–Crippen LogP) is 1.30. The molecule has 1 rings (SSSR count). The van der Waals surface area contributed by atoms with Gasteiger partial charge in [-0.3, -0.25) is 0 Å². The Hall–Kier alpha value is -0.170. The molecule has 114 valence electrons. The Balaban J connectivity index is 2.67. The topological polar surface area (TPSA) is 60.9 Å². The van der Waals surface area contributed by atoms with Gasteiger partial charge in [0.1, 0.15) is 0 Å². The molecular formula is C13H28N2O3S. The van der Waals surface area contributed by atoms with E-state index >= 15 is 0 Å². The first-order valence-corrected chi connectivity index (χ1v) is 8.71. The molecule has 0 aromatic rings. The monoisotopic (exact) mass is 292 g/mol. The highest BCUT2D eigenvalue weighted by Crippen LogP contribution is 2.21. The van der Waals surface area contributed by atoms with Crippen LogP contribution in [0.25, 0.3) is 0 Å². The average molecular weight is 292 g/mol. The molecule has 1 unspecified atom stereocenters. The zero-order valence-electron chi connectivity index (χ0n) is 12.4. The molecule has 6 heteroatoms. The molecule has 19 heavy (non-hydrogen) atoms. The van der Waals surface area contributed by atoms with Gasteiger partial charge >= 0.3 is 0 Å². The second kappa shape index (κ2) is 7.57. The third-order valence-electron chi connectivity index (χ3n) is 4.05. The number of aliphatic hydroxyl groups is 1. The fraction of sp³-hybridized carbons (Fsp3) is 1.00. The van der Waals surface area contributed by atoms with Crippen molar-refractivity contribution in [3.8, 4) is 0 Å². The van der Waals surface area contributed by atoms with Crippen LogP contribution in [0.2, 0.25) is 0 Å². The van der Waals surface area contributed by atoms with Crippen LogP contribution in [0, 0.1) is 11.8 Å². The fourth-order valence-corrected chi connectivity index (χ4v) is 4.12. The normalized spacial score (nSPS) is 20.9. The first kappa shape index (κ1) is 16.9. The molecule has 1 aliphatic rings. The van der Waals surface area contributed by atoms with Gasteiger partial charge < -0.3 is 5.11 Å². The summed E-state index contributed by atoms with van der Waals surface area (Å²) in [7, 11) is -3.33. The second-order valence-electron chi connectivity index (χ2n) is 5.50. The minimum Gasteiger partial charge on any atom is -0.396 e. The van der Waals surface area contributed by atoms with E-state index in [1.54, 1.807) is 8.61 Å². The summed E-state index contributed by atoms with van der Waals surface area (Å²) in [6.07, 6.45) is 2.51. The van der Waals surface area contributed by atoms with Crippen LogP contribution in [0.3, 0.4) is 0 Å². The third kappa shape index (κ3) is 4.41. The van der Waals surface area contributed by atoms with Crippen molar-refractivity contribution in [3.05, 3.63) is 0 Å². The minimum absolute atomic E-state index is 0.165. The summed E-state index contributed by atoms with van der Waals surface area (Å²) in [5.74, 6) is 0.640. The van der Waals surface area contributed by atoms with Crippen molar-refractivity contribution >= 4 is 10.2 Å². The third-order valence-corrected chi connectivity index (χ3v) is 6.13. The molecule has 1 fully saturated rings. The van der Waals surface area contributed by atoms with Gasteiger partial charge in [0.25, 0.3) is 10.2 Å². The Kier molecular flexibility index (Phi) is 6.73. The quantitative estimate of drug-likeness (QED) is 0.769. The molecule has 0 aromatic carbocycles. The number of piperidine rings is 1. The first-order valence-electron chi connectivity index (χ1n) is 7.31. The summed E-state index contributed by atoms with van der Waals surface area (Å²) in [5.41, 5.74) is 0. The Morgan fingerprint density at radius 3 is 2.32 bits per heavy atom. The van der Waals surface area contributed by atoms with Crippen LogP contribution >= 0.6 is 0 Å². The van der Waals surface area contributed by atoms with E-state index in [2.05, 4.69) is 13.8 Å². The highest BCUT2D eigenvalue weighted by molar-refractivity contribution is 7.86. The number of rotatable bonds is 7. The lowest BCUT2D eigenvalue weighted by atomic mass is 10.00. The molecular weight excluding hydrogens is 264 g/mol. The van der Waals surface area contributed by atoms with Crippen molar-refractivity contribution in [2.24, 2.45) is 11.8 Å². The molecule has 1 N–H and O–H groups in total. The van der Waals surface area contributed by atoms with Crippen LogP contribution in [-0.4, -0.2) is 54.9 Å². The van der Waals surface area contributed by atoms with E-state index in [1.165, 1.54) is 0 Å². The number of nitrogens with zero attached hydrogens (tertiary/aromatic N) is 2. The molecule has 0 aliphatic carbocycles. The summed E-state index contributed by atoms with van der Waals surface area (Å²) in [6, 6.07) is 0. The van der Waals surface area contributed by atoms with E-state index in [0.717, 1.165) is 19.3 Å². The predicted molar refractivity (Wildman–Crippen MR) is 77.0 cm³/mol. The van der Waals surface area contributed by atoms with Gasteiger partial charge in [0.2, 0.25) is 0 Å². The van der Waals surface area contributed by atoms with Gasteiger partial charge in [-0.1, -0.05) is 27.2 Å². The molecule has 0 bridgehead atoms. The highest BCUT2D eigenvalue weighted by Gasteiger charge is 2.32. The second-order valence-corrected chi connectivity index (χ2v) is 7.43. The van der Waals surface area contributed by atoms with Gasteiger partial charge in [-0.15, -0.1) is 0 Å². The Labute approximate surface area is 117 Å². The van der Waals surface area contributed by atoms with Crippen molar-refractivity contribution in [2.75, 3.05) is 32.8 Å². The zero-order chi connectivity index (χ0) is 14.5. The van der Waals surface area contributed by atoms with Crippen molar-refractivity contribution in [3.63, 3.8) is 0 Å². The Morgan fingerprint density at radius 2 is 1.89 bits per heavy atom. The van der Waals surface area contributed by atoms with E-state index < -0.39 is 10.2 Å². The molecule has 0 amide bonds. The van der Waals surface area contributed by atoms with E-state index in [-0.39, 0.29) is 12.5 Å². The maximum atomic E-state index is 12.6. The fourth-order valence-electron chi connectivity index (χ4n) is 2.35. The van der Waals surface area contributed by atoms with Crippen LogP contribution in [-0.2, 0) is 10.2 Å². The molecule has 0 spiro atoms. The maximum Gasteiger partial charge on any atom is 0.281 e. The van der Waals surface area contributed by atoms with Gasteiger partial charge in [-0.25, -0.2) is 0 Å². The molecule has 5 nitrogen and oxygen atoms in total. The maximum absolute atomic E-state index is 12.6. The number of hydrogen-bond donors (Lipinski definition) is 1. The van der Waals surface area contributed by atoms with E-state index in [1.807, 2.05) is 6.92 Å². The van der Waals surface area contributed by atoms with Crippen molar-refractivity contribution in [2.45, 2.75) is 40.0 Å². The lowest BCUT2D eigenvalue weighted by molar-refractivity contribution is 0.165. The van der Waals surface area contributed by atoms with Gasteiger partial charge in [0.05, 0.1) is 0 Å². The van der Waals surface area contributed by atoms with Crippen molar-refractivity contribution < 1.29 is 13.5 Å². The van der Waals surface area contributed by atoms with Crippen LogP contribution in [0.1, 0.15) is 40.0 Å². The summed E-state index contributed by atoms with van der Waals surface area (Å²) in [4.78, 5) is 0. The lowest BCUT2D eigenvalue weighted by Gasteiger charge is -2.34. The smallest absolute Gasteiger partial charge is 0.281 e. The van der Waals surface area contributed by atoms with Gasteiger partial charge in [0, 0.05) is 32.8 Å².